The number of carboxylic acid groups (broad SMARTS) is 1. The first-order valence-electron chi connectivity index (χ1n) is 8.84. The average Bonchev–Trinajstić information content (AvgIpc) is 3.23. The third-order valence-corrected chi connectivity index (χ3v) is 6.06. The highest BCUT2D eigenvalue weighted by Crippen LogP contribution is 2.43. The molecular formula is C19H20ClN3O4. The maximum Gasteiger partial charge on any atom is 0.311 e. The summed E-state index contributed by atoms with van der Waals surface area (Å²) in [5, 5.41) is 14.6. The third-order valence-electron chi connectivity index (χ3n) is 5.74. The molecule has 2 fully saturated rings. The van der Waals surface area contributed by atoms with Gasteiger partial charge >= 0.3 is 5.97 Å². The van der Waals surface area contributed by atoms with E-state index >= 15 is 0 Å². The molecule has 2 atom stereocenters. The molecule has 0 spiro atoms. The summed E-state index contributed by atoms with van der Waals surface area (Å²) >= 11 is 6.25. The lowest BCUT2D eigenvalue weighted by Crippen LogP contribution is -2.45. The number of likely N-dealkylation sites (tertiary alicyclic amines) is 1. The number of para-hydroxylation sites is 1. The van der Waals surface area contributed by atoms with Crippen LogP contribution in [0.5, 0.6) is 0 Å². The van der Waals surface area contributed by atoms with Crippen molar-refractivity contribution in [3.8, 4) is 5.69 Å². The lowest BCUT2D eigenvalue weighted by Gasteiger charge is -2.33. The number of aromatic nitrogens is 2. The SMILES string of the molecule is Cc1c(C(=O)N2C[C@H]3COCC[C@@]3(C(=O)O)C2)cnn1-c1ccccc1Cl. The Morgan fingerprint density at radius 3 is 2.85 bits per heavy atom. The van der Waals surface area contributed by atoms with Crippen molar-refractivity contribution in [2.24, 2.45) is 11.3 Å². The summed E-state index contributed by atoms with van der Waals surface area (Å²) in [7, 11) is 0. The second-order valence-electron chi connectivity index (χ2n) is 7.18. The molecule has 8 heteroatoms. The monoisotopic (exact) mass is 389 g/mol. The van der Waals surface area contributed by atoms with Gasteiger partial charge in [0.25, 0.3) is 5.91 Å². The summed E-state index contributed by atoms with van der Waals surface area (Å²) in [6.45, 7) is 3.17. The van der Waals surface area contributed by atoms with Gasteiger partial charge in [0.05, 0.1) is 40.2 Å². The van der Waals surface area contributed by atoms with Gasteiger partial charge < -0.3 is 14.7 Å². The van der Waals surface area contributed by atoms with Crippen LogP contribution in [0.4, 0.5) is 0 Å². The molecule has 1 N–H and O–H groups in total. The number of fused-ring (bicyclic) bond motifs is 1. The molecule has 2 aromatic rings. The molecule has 1 amide bonds. The Kier molecular flexibility index (Phi) is 4.44. The summed E-state index contributed by atoms with van der Waals surface area (Å²) in [6.07, 6.45) is 1.95. The average molecular weight is 390 g/mol. The second kappa shape index (κ2) is 6.65. The molecule has 0 unspecified atom stereocenters. The number of carboxylic acids is 1. The molecule has 7 nitrogen and oxygen atoms in total. The highest BCUT2D eigenvalue weighted by atomic mass is 35.5. The Bertz CT molecular complexity index is 912. The van der Waals surface area contributed by atoms with Crippen LogP contribution in [0.1, 0.15) is 22.5 Å². The standard InChI is InChI=1S/C19H20ClN3O4/c1-12-14(8-21-23(12)16-5-3-2-4-15(16)20)17(24)22-9-13-10-27-7-6-19(13,11-22)18(25)26/h2-5,8,13H,6-7,9-11H2,1H3,(H,25,26)/t13-,19+/m0/s1. The van der Waals surface area contributed by atoms with E-state index in [2.05, 4.69) is 5.10 Å². The van der Waals surface area contributed by atoms with Gasteiger partial charge in [-0.1, -0.05) is 23.7 Å². The largest absolute Gasteiger partial charge is 0.481 e. The molecule has 0 bridgehead atoms. The molecule has 0 radical (unpaired) electrons. The number of ether oxygens (including phenoxy) is 1. The van der Waals surface area contributed by atoms with Crippen LogP contribution < -0.4 is 0 Å². The van der Waals surface area contributed by atoms with Crippen LogP contribution in [0.15, 0.2) is 30.5 Å². The molecule has 1 aromatic carbocycles. The van der Waals surface area contributed by atoms with Crippen molar-refractivity contribution >= 4 is 23.5 Å². The molecule has 2 aliphatic heterocycles. The van der Waals surface area contributed by atoms with Gasteiger partial charge in [0, 0.05) is 25.6 Å². The lowest BCUT2D eigenvalue weighted by atomic mass is 9.74. The van der Waals surface area contributed by atoms with Gasteiger partial charge in [-0.15, -0.1) is 0 Å². The fourth-order valence-electron chi connectivity index (χ4n) is 4.11. The van der Waals surface area contributed by atoms with Crippen LogP contribution in [0.25, 0.3) is 5.69 Å². The second-order valence-corrected chi connectivity index (χ2v) is 7.58. The quantitative estimate of drug-likeness (QED) is 0.871. The van der Waals surface area contributed by atoms with Crippen molar-refractivity contribution in [2.75, 3.05) is 26.3 Å². The van der Waals surface area contributed by atoms with Gasteiger partial charge in [0.2, 0.25) is 0 Å². The van der Waals surface area contributed by atoms with E-state index in [0.717, 1.165) is 0 Å². The Balaban J connectivity index is 1.63. The van der Waals surface area contributed by atoms with Crippen LogP contribution in [-0.2, 0) is 9.53 Å². The minimum atomic E-state index is -0.916. The van der Waals surface area contributed by atoms with Gasteiger partial charge in [-0.3, -0.25) is 9.59 Å². The Morgan fingerprint density at radius 1 is 1.37 bits per heavy atom. The smallest absolute Gasteiger partial charge is 0.311 e. The summed E-state index contributed by atoms with van der Waals surface area (Å²) in [6, 6.07) is 7.28. The minimum Gasteiger partial charge on any atom is -0.481 e. The Labute approximate surface area is 161 Å². The highest BCUT2D eigenvalue weighted by molar-refractivity contribution is 6.32. The summed E-state index contributed by atoms with van der Waals surface area (Å²) in [5.74, 6) is -1.25. The third kappa shape index (κ3) is 2.82. The summed E-state index contributed by atoms with van der Waals surface area (Å²) in [5.41, 5.74) is 0.903. The normalized spacial score (nSPS) is 24.7. The van der Waals surface area contributed by atoms with Gasteiger partial charge in [0.1, 0.15) is 0 Å². The maximum atomic E-state index is 13.1. The first-order chi connectivity index (χ1) is 12.9. The zero-order valence-corrected chi connectivity index (χ0v) is 15.6. The van der Waals surface area contributed by atoms with E-state index in [9.17, 15) is 14.7 Å². The molecule has 27 heavy (non-hydrogen) atoms. The number of hydrogen-bond donors (Lipinski definition) is 1. The number of carbonyl (C=O) groups is 2. The number of nitrogens with zero attached hydrogens (tertiary/aromatic N) is 3. The van der Waals surface area contributed by atoms with Crippen molar-refractivity contribution in [3.05, 3.63) is 46.7 Å². The fraction of sp³-hybridized carbons (Fsp3) is 0.421. The number of halogens is 1. The van der Waals surface area contributed by atoms with Gasteiger partial charge in [-0.25, -0.2) is 4.68 Å². The van der Waals surface area contributed by atoms with E-state index in [1.807, 2.05) is 25.1 Å². The van der Waals surface area contributed by atoms with Gasteiger partial charge in [-0.05, 0) is 25.5 Å². The maximum absolute atomic E-state index is 13.1. The molecule has 0 aliphatic carbocycles. The number of hydrogen-bond acceptors (Lipinski definition) is 4. The Morgan fingerprint density at radius 2 is 2.15 bits per heavy atom. The van der Waals surface area contributed by atoms with E-state index in [-0.39, 0.29) is 18.4 Å². The molecule has 4 rings (SSSR count). The lowest BCUT2D eigenvalue weighted by molar-refractivity contribution is -0.157. The van der Waals surface area contributed by atoms with Crippen molar-refractivity contribution in [1.82, 2.24) is 14.7 Å². The van der Waals surface area contributed by atoms with E-state index in [0.29, 0.717) is 48.1 Å². The number of amides is 1. The van der Waals surface area contributed by atoms with Gasteiger partial charge in [0.15, 0.2) is 0 Å². The zero-order valence-electron chi connectivity index (χ0n) is 14.9. The van der Waals surface area contributed by atoms with E-state index in [1.165, 1.54) is 6.20 Å². The fourth-order valence-corrected chi connectivity index (χ4v) is 4.33. The highest BCUT2D eigenvalue weighted by Gasteiger charge is 2.55. The number of rotatable bonds is 3. The minimum absolute atomic E-state index is 0.188. The molecular weight excluding hydrogens is 370 g/mol. The molecule has 2 saturated heterocycles. The molecule has 0 saturated carbocycles. The number of aliphatic carboxylic acids is 1. The van der Waals surface area contributed by atoms with Crippen molar-refractivity contribution in [1.29, 1.82) is 0 Å². The molecule has 1 aromatic heterocycles. The van der Waals surface area contributed by atoms with Crippen LogP contribution in [-0.4, -0.2) is 58.0 Å². The topological polar surface area (TPSA) is 84.7 Å². The predicted octanol–water partition coefficient (Wildman–Crippen LogP) is 2.40. The number of benzene rings is 1. The zero-order chi connectivity index (χ0) is 19.2. The first kappa shape index (κ1) is 18.0. The molecule has 142 valence electrons. The summed E-state index contributed by atoms with van der Waals surface area (Å²) < 4.78 is 7.09. The van der Waals surface area contributed by atoms with Crippen LogP contribution in [0.3, 0.4) is 0 Å². The number of carbonyl (C=O) groups excluding carboxylic acids is 1. The van der Waals surface area contributed by atoms with E-state index < -0.39 is 11.4 Å². The molecule has 2 aliphatic rings. The van der Waals surface area contributed by atoms with Crippen molar-refractivity contribution in [3.63, 3.8) is 0 Å². The van der Waals surface area contributed by atoms with E-state index in [1.54, 1.807) is 15.6 Å². The first-order valence-corrected chi connectivity index (χ1v) is 9.22. The van der Waals surface area contributed by atoms with Crippen LogP contribution >= 0.6 is 11.6 Å². The van der Waals surface area contributed by atoms with E-state index in [4.69, 9.17) is 16.3 Å². The van der Waals surface area contributed by atoms with Crippen molar-refractivity contribution < 1.29 is 19.4 Å². The summed E-state index contributed by atoms with van der Waals surface area (Å²) in [4.78, 5) is 26.7. The van der Waals surface area contributed by atoms with Gasteiger partial charge in [-0.2, -0.15) is 5.10 Å². The van der Waals surface area contributed by atoms with Crippen LogP contribution in [0, 0.1) is 18.3 Å². The predicted molar refractivity (Wildman–Crippen MR) is 98.2 cm³/mol. The molecule has 3 heterocycles. The Hall–Kier alpha value is -2.38. The van der Waals surface area contributed by atoms with Crippen molar-refractivity contribution in [2.45, 2.75) is 13.3 Å². The van der Waals surface area contributed by atoms with Crippen LogP contribution in [0.2, 0.25) is 5.02 Å².